The van der Waals surface area contributed by atoms with Crippen LogP contribution in [0.5, 0.6) is 0 Å². The van der Waals surface area contributed by atoms with Gasteiger partial charge in [0.1, 0.15) is 0 Å². The van der Waals surface area contributed by atoms with E-state index in [0.29, 0.717) is 5.41 Å². The fourth-order valence-electron chi connectivity index (χ4n) is 3.76. The zero-order valence-electron chi connectivity index (χ0n) is 14.4. The summed E-state index contributed by atoms with van der Waals surface area (Å²) in [5, 5.41) is 0. The van der Waals surface area contributed by atoms with Crippen LogP contribution >= 0.6 is 0 Å². The second-order valence-corrected chi connectivity index (χ2v) is 8.12. The van der Waals surface area contributed by atoms with Crippen molar-refractivity contribution in [3.63, 3.8) is 0 Å². The first kappa shape index (κ1) is 17.2. The Morgan fingerprint density at radius 1 is 0.952 bits per heavy atom. The summed E-state index contributed by atoms with van der Waals surface area (Å²) in [5.74, 6) is 0.968. The molecule has 0 aromatic rings. The molecule has 0 bridgehead atoms. The summed E-state index contributed by atoms with van der Waals surface area (Å²) in [6.45, 7) is 13.4. The maximum Gasteiger partial charge on any atom is 0.00106 e. The summed E-state index contributed by atoms with van der Waals surface area (Å²) >= 11 is 0. The van der Waals surface area contributed by atoms with E-state index in [2.05, 4.69) is 23.6 Å². The Hall–Kier alpha value is -0.120. The van der Waals surface area contributed by atoms with E-state index in [4.69, 9.17) is 5.73 Å². The molecule has 3 heteroatoms. The molecular weight excluding hydrogens is 258 g/mol. The number of unbranched alkanes of at least 4 members (excludes halogenated alkanes) is 1. The minimum Gasteiger partial charge on any atom is -0.330 e. The van der Waals surface area contributed by atoms with Crippen LogP contribution < -0.4 is 5.73 Å². The van der Waals surface area contributed by atoms with Crippen molar-refractivity contribution in [2.24, 2.45) is 17.1 Å². The van der Waals surface area contributed by atoms with Gasteiger partial charge in [0.2, 0.25) is 0 Å². The van der Waals surface area contributed by atoms with Crippen LogP contribution in [-0.4, -0.2) is 55.6 Å². The third kappa shape index (κ3) is 6.25. The molecule has 3 nitrogen and oxygen atoms in total. The highest BCUT2D eigenvalue weighted by Gasteiger charge is 2.22. The molecule has 0 amide bonds. The summed E-state index contributed by atoms with van der Waals surface area (Å²) in [6.07, 6.45) is 9.65. The van der Waals surface area contributed by atoms with Crippen molar-refractivity contribution in [1.29, 1.82) is 0 Å². The van der Waals surface area contributed by atoms with Gasteiger partial charge in [-0.3, -0.25) is 0 Å². The van der Waals surface area contributed by atoms with Gasteiger partial charge in [0.15, 0.2) is 0 Å². The van der Waals surface area contributed by atoms with Crippen LogP contribution in [0.15, 0.2) is 0 Å². The quantitative estimate of drug-likeness (QED) is 0.699. The lowest BCUT2D eigenvalue weighted by atomic mass is 9.87. The molecule has 0 aromatic heterocycles. The molecule has 0 radical (unpaired) electrons. The second kappa shape index (κ2) is 8.50. The zero-order valence-corrected chi connectivity index (χ0v) is 14.4. The van der Waals surface area contributed by atoms with E-state index in [9.17, 15) is 0 Å². The largest absolute Gasteiger partial charge is 0.330 e. The molecule has 124 valence electrons. The summed E-state index contributed by atoms with van der Waals surface area (Å²) in [4.78, 5) is 5.38. The van der Waals surface area contributed by atoms with E-state index in [1.807, 2.05) is 0 Å². The number of piperidine rings is 1. The van der Waals surface area contributed by atoms with E-state index < -0.39 is 0 Å². The van der Waals surface area contributed by atoms with E-state index in [-0.39, 0.29) is 0 Å². The van der Waals surface area contributed by atoms with E-state index in [1.165, 1.54) is 84.2 Å². The Balaban J connectivity index is 1.52. The number of rotatable bonds is 8. The third-order valence-electron chi connectivity index (χ3n) is 5.55. The standard InChI is InChI=1S/C18H37N3/c1-18(2,16-19)9-3-4-10-20-13-7-17(8-14-20)15-21-11-5-6-12-21/h17H,3-16,19H2,1-2H3. The lowest BCUT2D eigenvalue weighted by Gasteiger charge is -2.34. The maximum atomic E-state index is 5.80. The fraction of sp³-hybridized carbons (Fsp3) is 1.00. The summed E-state index contributed by atoms with van der Waals surface area (Å²) in [6, 6.07) is 0. The first-order valence-electron chi connectivity index (χ1n) is 9.24. The third-order valence-corrected chi connectivity index (χ3v) is 5.55. The van der Waals surface area contributed by atoms with Crippen LogP contribution in [0.4, 0.5) is 0 Å². The first-order chi connectivity index (χ1) is 10.1. The maximum absolute atomic E-state index is 5.80. The molecule has 0 unspecified atom stereocenters. The molecule has 0 atom stereocenters. The van der Waals surface area contributed by atoms with Crippen LogP contribution in [0, 0.1) is 11.3 Å². The number of nitrogens with two attached hydrogens (primary N) is 1. The predicted molar refractivity (Wildman–Crippen MR) is 91.5 cm³/mol. The summed E-state index contributed by atoms with van der Waals surface area (Å²) in [7, 11) is 0. The lowest BCUT2D eigenvalue weighted by molar-refractivity contribution is 0.151. The molecule has 2 heterocycles. The molecule has 2 rings (SSSR count). The van der Waals surface area contributed by atoms with Gasteiger partial charge in [-0.15, -0.1) is 0 Å². The van der Waals surface area contributed by atoms with Gasteiger partial charge in [0, 0.05) is 6.54 Å². The molecule has 2 fully saturated rings. The second-order valence-electron chi connectivity index (χ2n) is 8.12. The lowest BCUT2D eigenvalue weighted by Crippen LogP contribution is -2.38. The highest BCUT2D eigenvalue weighted by atomic mass is 15.2. The van der Waals surface area contributed by atoms with Crippen molar-refractivity contribution in [3.05, 3.63) is 0 Å². The SMILES string of the molecule is CC(C)(CN)CCCCN1CCC(CN2CCCC2)CC1. The van der Waals surface area contributed by atoms with Crippen LogP contribution in [0.2, 0.25) is 0 Å². The van der Waals surface area contributed by atoms with E-state index >= 15 is 0 Å². The summed E-state index contributed by atoms with van der Waals surface area (Å²) < 4.78 is 0. The Kier molecular flexibility index (Phi) is 6.97. The molecule has 2 aliphatic heterocycles. The van der Waals surface area contributed by atoms with Gasteiger partial charge in [-0.1, -0.05) is 20.3 Å². The van der Waals surface area contributed by atoms with Gasteiger partial charge in [0.05, 0.1) is 0 Å². The highest BCUT2D eigenvalue weighted by molar-refractivity contribution is 4.77. The number of likely N-dealkylation sites (tertiary alicyclic amines) is 2. The van der Waals surface area contributed by atoms with Gasteiger partial charge in [-0.2, -0.15) is 0 Å². The first-order valence-corrected chi connectivity index (χ1v) is 9.24. The normalized spacial score (nSPS) is 23.0. The van der Waals surface area contributed by atoms with Crippen LogP contribution in [0.3, 0.4) is 0 Å². The van der Waals surface area contributed by atoms with E-state index in [1.54, 1.807) is 0 Å². The molecule has 2 N–H and O–H groups in total. The Bertz CT molecular complexity index is 276. The average molecular weight is 296 g/mol. The van der Waals surface area contributed by atoms with Crippen molar-refractivity contribution >= 4 is 0 Å². The smallest absolute Gasteiger partial charge is 0.00106 e. The molecular formula is C18H37N3. The highest BCUT2D eigenvalue weighted by Crippen LogP contribution is 2.23. The Labute approximate surface area is 132 Å². The Morgan fingerprint density at radius 2 is 1.62 bits per heavy atom. The van der Waals surface area contributed by atoms with Crippen molar-refractivity contribution in [2.45, 2.75) is 58.8 Å². The van der Waals surface area contributed by atoms with Gasteiger partial charge in [-0.05, 0) is 89.1 Å². The Morgan fingerprint density at radius 3 is 2.24 bits per heavy atom. The molecule has 21 heavy (non-hydrogen) atoms. The average Bonchev–Trinajstić information content (AvgIpc) is 2.98. The van der Waals surface area contributed by atoms with Crippen LogP contribution in [0.1, 0.15) is 58.8 Å². The minimum absolute atomic E-state index is 0.336. The predicted octanol–water partition coefficient (Wildman–Crippen LogP) is 2.95. The van der Waals surface area contributed by atoms with Crippen molar-refractivity contribution in [3.8, 4) is 0 Å². The number of hydrogen-bond donors (Lipinski definition) is 1. The van der Waals surface area contributed by atoms with Crippen molar-refractivity contribution < 1.29 is 0 Å². The zero-order chi connectivity index (χ0) is 15.1. The van der Waals surface area contributed by atoms with Gasteiger partial charge < -0.3 is 15.5 Å². The topological polar surface area (TPSA) is 32.5 Å². The molecule has 0 aromatic carbocycles. The monoisotopic (exact) mass is 295 g/mol. The minimum atomic E-state index is 0.336. The molecule has 2 saturated heterocycles. The fourth-order valence-corrected chi connectivity index (χ4v) is 3.76. The molecule has 2 aliphatic rings. The van der Waals surface area contributed by atoms with E-state index in [0.717, 1.165) is 12.5 Å². The van der Waals surface area contributed by atoms with Gasteiger partial charge in [0.25, 0.3) is 0 Å². The molecule has 0 aliphatic carbocycles. The van der Waals surface area contributed by atoms with Crippen LogP contribution in [-0.2, 0) is 0 Å². The number of hydrogen-bond acceptors (Lipinski definition) is 3. The van der Waals surface area contributed by atoms with Gasteiger partial charge >= 0.3 is 0 Å². The van der Waals surface area contributed by atoms with Crippen molar-refractivity contribution in [2.75, 3.05) is 45.8 Å². The summed E-state index contributed by atoms with van der Waals surface area (Å²) in [5.41, 5.74) is 6.14. The van der Waals surface area contributed by atoms with Gasteiger partial charge in [-0.25, -0.2) is 0 Å². The van der Waals surface area contributed by atoms with Crippen LogP contribution in [0.25, 0.3) is 0 Å². The molecule has 0 spiro atoms. The number of nitrogens with zero attached hydrogens (tertiary/aromatic N) is 2. The van der Waals surface area contributed by atoms with Crippen molar-refractivity contribution in [1.82, 2.24) is 9.80 Å². The molecule has 0 saturated carbocycles.